The monoisotopic (exact) mass is 329 g/mol. The van der Waals surface area contributed by atoms with Crippen LogP contribution in [0, 0.1) is 5.82 Å². The van der Waals surface area contributed by atoms with Gasteiger partial charge in [-0.25, -0.2) is 4.39 Å². The Morgan fingerprint density at radius 2 is 2.00 bits per heavy atom. The minimum Gasteiger partial charge on any atom is -0.329 e. The number of piperazine rings is 1. The first-order valence-corrected chi connectivity index (χ1v) is 7.56. The van der Waals surface area contributed by atoms with Gasteiger partial charge in [0.2, 0.25) is 0 Å². The molecule has 0 bridgehead atoms. The highest BCUT2D eigenvalue weighted by Crippen LogP contribution is 2.25. The molecule has 0 spiro atoms. The lowest BCUT2D eigenvalue weighted by Crippen LogP contribution is -2.48. The van der Waals surface area contributed by atoms with Crippen LogP contribution in [0.1, 0.15) is 18.5 Å². The Morgan fingerprint density at radius 3 is 2.53 bits per heavy atom. The van der Waals surface area contributed by atoms with Gasteiger partial charge >= 0.3 is 0 Å². The van der Waals surface area contributed by atoms with Gasteiger partial charge in [0.05, 0.1) is 4.47 Å². The van der Waals surface area contributed by atoms with Crippen LogP contribution < -0.4 is 5.73 Å². The Hall–Kier alpha value is -0.490. The molecule has 1 atom stereocenters. The minimum atomic E-state index is -0.227. The van der Waals surface area contributed by atoms with Gasteiger partial charge in [-0.3, -0.25) is 4.90 Å². The summed E-state index contributed by atoms with van der Waals surface area (Å²) < 4.78 is 13.8. The van der Waals surface area contributed by atoms with Crippen LogP contribution in [0.15, 0.2) is 22.7 Å². The summed E-state index contributed by atoms with van der Waals surface area (Å²) in [6, 6.07) is 5.36. The number of nitrogens with zero attached hydrogens (tertiary/aromatic N) is 2. The second-order valence-electron chi connectivity index (χ2n) is 4.90. The highest BCUT2D eigenvalue weighted by Gasteiger charge is 2.23. The highest BCUT2D eigenvalue weighted by molar-refractivity contribution is 9.10. The molecule has 0 amide bonds. The van der Waals surface area contributed by atoms with Crippen molar-refractivity contribution in [3.63, 3.8) is 0 Å². The molecule has 0 aliphatic carbocycles. The molecule has 0 saturated carbocycles. The zero-order valence-corrected chi connectivity index (χ0v) is 12.9. The molecule has 1 aromatic carbocycles. The molecule has 1 aliphatic heterocycles. The molecule has 1 saturated heterocycles. The normalized spacial score (nSPS) is 19.6. The van der Waals surface area contributed by atoms with Crippen molar-refractivity contribution in [2.75, 3.05) is 39.3 Å². The lowest BCUT2D eigenvalue weighted by atomic mass is 10.0. The molecule has 2 rings (SSSR count). The fourth-order valence-corrected chi connectivity index (χ4v) is 3.00. The van der Waals surface area contributed by atoms with Crippen molar-refractivity contribution in [3.8, 4) is 0 Å². The van der Waals surface area contributed by atoms with Crippen molar-refractivity contribution >= 4 is 15.9 Å². The topological polar surface area (TPSA) is 32.5 Å². The summed E-state index contributed by atoms with van der Waals surface area (Å²) in [6.07, 6.45) is 0. The lowest BCUT2D eigenvalue weighted by Gasteiger charge is -2.38. The van der Waals surface area contributed by atoms with Crippen LogP contribution in [-0.2, 0) is 0 Å². The Labute approximate surface area is 122 Å². The van der Waals surface area contributed by atoms with Crippen molar-refractivity contribution in [1.82, 2.24) is 9.80 Å². The molecule has 19 heavy (non-hydrogen) atoms. The fraction of sp³-hybridized carbons (Fsp3) is 0.571. The quantitative estimate of drug-likeness (QED) is 0.919. The third kappa shape index (κ3) is 3.54. The van der Waals surface area contributed by atoms with E-state index in [0.717, 1.165) is 38.3 Å². The predicted octanol–water partition coefficient (Wildman–Crippen LogP) is 2.23. The van der Waals surface area contributed by atoms with E-state index in [4.69, 9.17) is 5.73 Å². The van der Waals surface area contributed by atoms with Crippen LogP contribution in [0.3, 0.4) is 0 Å². The summed E-state index contributed by atoms with van der Waals surface area (Å²) in [5, 5.41) is 0. The number of rotatable bonds is 4. The first-order chi connectivity index (χ1) is 9.15. The second kappa shape index (κ2) is 6.79. The molecule has 1 fully saturated rings. The predicted molar refractivity (Wildman–Crippen MR) is 79.6 cm³/mol. The first kappa shape index (κ1) is 14.9. The van der Waals surface area contributed by atoms with Gasteiger partial charge in [0.25, 0.3) is 0 Å². The van der Waals surface area contributed by atoms with Gasteiger partial charge in [0.15, 0.2) is 0 Å². The van der Waals surface area contributed by atoms with Crippen molar-refractivity contribution < 1.29 is 4.39 Å². The number of hydrogen-bond acceptors (Lipinski definition) is 3. The van der Waals surface area contributed by atoms with Gasteiger partial charge in [0.1, 0.15) is 5.82 Å². The largest absolute Gasteiger partial charge is 0.329 e. The molecule has 3 nitrogen and oxygen atoms in total. The van der Waals surface area contributed by atoms with Crippen molar-refractivity contribution in [2.24, 2.45) is 5.73 Å². The summed E-state index contributed by atoms with van der Waals surface area (Å²) in [7, 11) is 0. The van der Waals surface area contributed by atoms with Crippen molar-refractivity contribution in [3.05, 3.63) is 34.1 Å². The molecule has 1 aromatic rings. The minimum absolute atomic E-state index is 0.177. The van der Waals surface area contributed by atoms with E-state index >= 15 is 0 Å². The summed E-state index contributed by atoms with van der Waals surface area (Å²) >= 11 is 3.25. The molecule has 1 heterocycles. The van der Waals surface area contributed by atoms with Gasteiger partial charge in [-0.2, -0.15) is 0 Å². The average molecular weight is 330 g/mol. The maximum Gasteiger partial charge on any atom is 0.137 e. The third-order valence-electron chi connectivity index (χ3n) is 3.85. The van der Waals surface area contributed by atoms with Gasteiger partial charge in [-0.15, -0.1) is 0 Å². The van der Waals surface area contributed by atoms with Gasteiger partial charge in [-0.1, -0.05) is 13.0 Å². The smallest absolute Gasteiger partial charge is 0.137 e. The van der Waals surface area contributed by atoms with E-state index in [-0.39, 0.29) is 11.9 Å². The molecule has 0 aromatic heterocycles. The molecule has 2 N–H and O–H groups in total. The third-order valence-corrected chi connectivity index (χ3v) is 4.45. The van der Waals surface area contributed by atoms with Crippen LogP contribution in [0.2, 0.25) is 0 Å². The first-order valence-electron chi connectivity index (χ1n) is 6.77. The summed E-state index contributed by atoms with van der Waals surface area (Å²) in [4.78, 5) is 4.83. The number of nitrogens with two attached hydrogens (primary N) is 1. The van der Waals surface area contributed by atoms with Crippen LogP contribution in [0.5, 0.6) is 0 Å². The van der Waals surface area contributed by atoms with Crippen LogP contribution >= 0.6 is 15.9 Å². The summed E-state index contributed by atoms with van der Waals surface area (Å²) in [6.45, 7) is 8.04. The maximum absolute atomic E-state index is 13.3. The second-order valence-corrected chi connectivity index (χ2v) is 5.75. The Kier molecular flexibility index (Phi) is 5.33. The highest BCUT2D eigenvalue weighted by atomic mass is 79.9. The molecule has 0 radical (unpaired) electrons. The molecular weight excluding hydrogens is 309 g/mol. The number of hydrogen-bond donors (Lipinski definition) is 1. The van der Waals surface area contributed by atoms with E-state index in [1.807, 2.05) is 12.1 Å². The SMILES string of the molecule is CCN1CCN(C(CN)c2ccc(F)c(Br)c2)CC1. The van der Waals surface area contributed by atoms with Gasteiger partial charge in [0, 0.05) is 38.8 Å². The zero-order valence-electron chi connectivity index (χ0n) is 11.3. The maximum atomic E-state index is 13.3. The lowest BCUT2D eigenvalue weighted by molar-refractivity contribution is 0.102. The standard InChI is InChI=1S/C14H21BrFN3/c1-2-18-5-7-19(8-6-18)14(10-17)11-3-4-13(16)12(15)9-11/h3-4,9,14H,2,5-8,10,17H2,1H3. The number of benzene rings is 1. The molecule has 1 aliphatic rings. The zero-order chi connectivity index (χ0) is 13.8. The summed E-state index contributed by atoms with van der Waals surface area (Å²) in [5.41, 5.74) is 7.01. The van der Waals surface area contributed by atoms with Gasteiger partial charge < -0.3 is 10.6 Å². The molecule has 5 heteroatoms. The van der Waals surface area contributed by atoms with E-state index in [0.29, 0.717) is 11.0 Å². The number of halogens is 2. The van der Waals surface area contributed by atoms with Crippen LogP contribution in [-0.4, -0.2) is 49.1 Å². The molecule has 1 unspecified atom stereocenters. The summed E-state index contributed by atoms with van der Waals surface area (Å²) in [5.74, 6) is -0.227. The van der Waals surface area contributed by atoms with Crippen molar-refractivity contribution in [2.45, 2.75) is 13.0 Å². The van der Waals surface area contributed by atoms with E-state index in [9.17, 15) is 4.39 Å². The van der Waals surface area contributed by atoms with Crippen LogP contribution in [0.25, 0.3) is 0 Å². The van der Waals surface area contributed by atoms with E-state index in [2.05, 4.69) is 32.7 Å². The van der Waals surface area contributed by atoms with Gasteiger partial charge in [-0.05, 0) is 40.2 Å². The number of likely N-dealkylation sites (N-methyl/N-ethyl adjacent to an activating group) is 1. The van der Waals surface area contributed by atoms with Crippen molar-refractivity contribution in [1.29, 1.82) is 0 Å². The van der Waals surface area contributed by atoms with Crippen LogP contribution in [0.4, 0.5) is 4.39 Å². The Balaban J connectivity index is 2.09. The Morgan fingerprint density at radius 1 is 1.32 bits per heavy atom. The Bertz CT molecular complexity index is 419. The molecular formula is C14H21BrFN3. The average Bonchev–Trinajstić information content (AvgIpc) is 2.44. The van der Waals surface area contributed by atoms with E-state index in [1.54, 1.807) is 0 Å². The van der Waals surface area contributed by atoms with E-state index in [1.165, 1.54) is 6.07 Å². The molecule has 106 valence electrons. The van der Waals surface area contributed by atoms with E-state index < -0.39 is 0 Å². The fourth-order valence-electron chi connectivity index (χ4n) is 2.61.